The minimum Gasteiger partial charge on any atom is -0.459 e. The Balaban J connectivity index is 2.11. The fourth-order valence-corrected chi connectivity index (χ4v) is 2.77. The van der Waals surface area contributed by atoms with Crippen molar-refractivity contribution in [3.8, 4) is 0 Å². The highest BCUT2D eigenvalue weighted by atomic mass is 16.3. The molecule has 1 fully saturated rings. The molecule has 0 bridgehead atoms. The van der Waals surface area contributed by atoms with Crippen molar-refractivity contribution in [1.29, 1.82) is 0 Å². The number of carbonyl (C=O) groups is 1. The zero-order chi connectivity index (χ0) is 12.4. The van der Waals surface area contributed by atoms with Crippen LogP contribution in [0.2, 0.25) is 0 Å². The molecular weight excluding hydrogens is 214 g/mol. The Kier molecular flexibility index (Phi) is 3.55. The minimum atomic E-state index is 0.0197. The number of rotatable bonds is 2. The quantitative estimate of drug-likeness (QED) is 0.788. The lowest BCUT2D eigenvalue weighted by Crippen LogP contribution is -2.42. The molecule has 1 heterocycles. The second-order valence-electron chi connectivity index (χ2n) is 5.18. The van der Waals surface area contributed by atoms with Gasteiger partial charge in [0, 0.05) is 18.7 Å². The summed E-state index contributed by atoms with van der Waals surface area (Å²) < 4.78 is 5.28. The molecule has 2 atom stereocenters. The van der Waals surface area contributed by atoms with Gasteiger partial charge in [-0.1, -0.05) is 19.8 Å². The van der Waals surface area contributed by atoms with Gasteiger partial charge >= 0.3 is 0 Å². The average Bonchev–Trinajstić information content (AvgIpc) is 2.74. The van der Waals surface area contributed by atoms with Crippen LogP contribution in [0.5, 0.6) is 0 Å². The van der Waals surface area contributed by atoms with Gasteiger partial charge < -0.3 is 9.32 Å². The molecule has 94 valence electrons. The number of carbonyl (C=O) groups excluding carboxylic acids is 1. The van der Waals surface area contributed by atoms with Crippen LogP contribution >= 0.6 is 0 Å². The molecule has 1 aromatic heterocycles. The molecule has 2 rings (SSSR count). The molecule has 3 heteroatoms. The molecule has 1 aliphatic carbocycles. The van der Waals surface area contributed by atoms with Crippen molar-refractivity contribution < 1.29 is 9.21 Å². The Morgan fingerprint density at radius 2 is 2.12 bits per heavy atom. The number of nitrogens with zero attached hydrogens (tertiary/aromatic N) is 1. The molecule has 0 spiro atoms. The summed E-state index contributed by atoms with van der Waals surface area (Å²) in [5, 5.41) is 0. The van der Waals surface area contributed by atoms with E-state index in [1.165, 1.54) is 19.3 Å². The Labute approximate surface area is 103 Å². The first-order valence-electron chi connectivity index (χ1n) is 6.42. The van der Waals surface area contributed by atoms with Crippen LogP contribution in [-0.4, -0.2) is 23.9 Å². The summed E-state index contributed by atoms with van der Waals surface area (Å²) in [5.74, 6) is 1.10. The molecule has 1 saturated carbocycles. The van der Waals surface area contributed by atoms with Crippen LogP contribution in [0.15, 0.2) is 16.7 Å². The fraction of sp³-hybridized carbons (Fsp3) is 0.643. The summed E-state index contributed by atoms with van der Waals surface area (Å²) in [5.41, 5.74) is 0.922. The van der Waals surface area contributed by atoms with E-state index in [1.807, 2.05) is 24.9 Å². The fourth-order valence-electron chi connectivity index (χ4n) is 2.77. The third kappa shape index (κ3) is 2.38. The highest BCUT2D eigenvalue weighted by Crippen LogP contribution is 2.28. The van der Waals surface area contributed by atoms with Gasteiger partial charge in [-0.2, -0.15) is 0 Å². The van der Waals surface area contributed by atoms with E-state index >= 15 is 0 Å². The van der Waals surface area contributed by atoms with Crippen LogP contribution in [0, 0.1) is 12.8 Å². The third-order valence-corrected chi connectivity index (χ3v) is 3.94. The van der Waals surface area contributed by atoms with Gasteiger partial charge in [-0.15, -0.1) is 0 Å². The molecule has 0 aliphatic heterocycles. The minimum absolute atomic E-state index is 0.0197. The molecule has 2 unspecified atom stereocenters. The van der Waals surface area contributed by atoms with E-state index in [1.54, 1.807) is 6.26 Å². The van der Waals surface area contributed by atoms with E-state index in [4.69, 9.17) is 4.42 Å². The van der Waals surface area contributed by atoms with Gasteiger partial charge in [0.05, 0.1) is 6.26 Å². The summed E-state index contributed by atoms with van der Waals surface area (Å²) in [4.78, 5) is 14.2. The maximum atomic E-state index is 12.3. The number of furan rings is 1. The van der Waals surface area contributed by atoms with Crippen molar-refractivity contribution in [3.63, 3.8) is 0 Å². The van der Waals surface area contributed by atoms with Crippen LogP contribution in [0.3, 0.4) is 0 Å². The zero-order valence-corrected chi connectivity index (χ0v) is 10.9. The maximum Gasteiger partial charge on any atom is 0.289 e. The highest BCUT2D eigenvalue weighted by Gasteiger charge is 2.29. The smallest absolute Gasteiger partial charge is 0.289 e. The molecule has 0 radical (unpaired) electrons. The van der Waals surface area contributed by atoms with Crippen LogP contribution in [-0.2, 0) is 0 Å². The van der Waals surface area contributed by atoms with Gasteiger partial charge in [-0.3, -0.25) is 4.79 Å². The molecular formula is C14H21NO2. The normalized spacial score (nSPS) is 24.6. The van der Waals surface area contributed by atoms with Crippen LogP contribution in [0.4, 0.5) is 0 Å². The Morgan fingerprint density at radius 3 is 2.71 bits per heavy atom. The van der Waals surface area contributed by atoms with Gasteiger partial charge in [0.1, 0.15) is 0 Å². The molecule has 0 saturated heterocycles. The molecule has 0 N–H and O–H groups in total. The van der Waals surface area contributed by atoms with E-state index in [0.29, 0.717) is 17.7 Å². The van der Waals surface area contributed by atoms with Gasteiger partial charge in [-0.05, 0) is 31.7 Å². The first-order valence-corrected chi connectivity index (χ1v) is 6.42. The summed E-state index contributed by atoms with van der Waals surface area (Å²) in [6.45, 7) is 4.15. The number of hydrogen-bond acceptors (Lipinski definition) is 2. The van der Waals surface area contributed by atoms with E-state index in [2.05, 4.69) is 6.92 Å². The molecule has 1 aromatic rings. The highest BCUT2D eigenvalue weighted by molar-refractivity contribution is 5.92. The summed E-state index contributed by atoms with van der Waals surface area (Å²) >= 11 is 0. The Bertz CT molecular complexity index is 397. The topological polar surface area (TPSA) is 33.5 Å². The Morgan fingerprint density at radius 1 is 1.41 bits per heavy atom. The van der Waals surface area contributed by atoms with Crippen molar-refractivity contribution in [1.82, 2.24) is 4.90 Å². The summed E-state index contributed by atoms with van der Waals surface area (Å²) in [6, 6.07) is 2.20. The van der Waals surface area contributed by atoms with E-state index in [-0.39, 0.29) is 5.91 Å². The van der Waals surface area contributed by atoms with Crippen molar-refractivity contribution in [3.05, 3.63) is 23.7 Å². The van der Waals surface area contributed by atoms with E-state index in [0.717, 1.165) is 12.0 Å². The van der Waals surface area contributed by atoms with Crippen LogP contribution < -0.4 is 0 Å². The molecule has 1 aliphatic rings. The SMILES string of the molecule is Cc1ccoc1C(=O)N(C)C1CCCCC1C. The lowest BCUT2D eigenvalue weighted by atomic mass is 9.85. The molecule has 17 heavy (non-hydrogen) atoms. The molecule has 3 nitrogen and oxygen atoms in total. The molecule has 0 aromatic carbocycles. The second-order valence-corrected chi connectivity index (χ2v) is 5.18. The van der Waals surface area contributed by atoms with Gasteiger partial charge in [0.15, 0.2) is 5.76 Å². The zero-order valence-electron chi connectivity index (χ0n) is 10.9. The van der Waals surface area contributed by atoms with Crippen molar-refractivity contribution in [2.45, 2.75) is 45.6 Å². The lowest BCUT2D eigenvalue weighted by Gasteiger charge is -2.35. The molecule has 1 amide bonds. The first kappa shape index (κ1) is 12.2. The van der Waals surface area contributed by atoms with Crippen molar-refractivity contribution >= 4 is 5.91 Å². The van der Waals surface area contributed by atoms with Gasteiger partial charge in [0.2, 0.25) is 0 Å². The van der Waals surface area contributed by atoms with Crippen LogP contribution in [0.25, 0.3) is 0 Å². The number of amides is 1. The van der Waals surface area contributed by atoms with E-state index in [9.17, 15) is 4.79 Å². The standard InChI is InChI=1S/C14H21NO2/c1-10-6-4-5-7-12(10)15(3)14(16)13-11(2)8-9-17-13/h8-10,12H,4-7H2,1-3H3. The maximum absolute atomic E-state index is 12.3. The summed E-state index contributed by atoms with van der Waals surface area (Å²) in [6.07, 6.45) is 6.44. The predicted octanol–water partition coefficient (Wildman–Crippen LogP) is 3.24. The number of aryl methyl sites for hydroxylation is 1. The van der Waals surface area contributed by atoms with Crippen molar-refractivity contribution in [2.24, 2.45) is 5.92 Å². The third-order valence-electron chi connectivity index (χ3n) is 3.94. The average molecular weight is 235 g/mol. The largest absolute Gasteiger partial charge is 0.459 e. The number of hydrogen-bond donors (Lipinski definition) is 0. The van der Waals surface area contributed by atoms with Gasteiger partial charge in [0.25, 0.3) is 5.91 Å². The summed E-state index contributed by atoms with van der Waals surface area (Å²) in [7, 11) is 1.90. The van der Waals surface area contributed by atoms with Gasteiger partial charge in [-0.25, -0.2) is 0 Å². The lowest BCUT2D eigenvalue weighted by molar-refractivity contribution is 0.0596. The predicted molar refractivity (Wildman–Crippen MR) is 67.0 cm³/mol. The monoisotopic (exact) mass is 235 g/mol. The van der Waals surface area contributed by atoms with Crippen LogP contribution in [0.1, 0.15) is 48.7 Å². The first-order chi connectivity index (χ1) is 8.11. The Hall–Kier alpha value is -1.25. The van der Waals surface area contributed by atoms with Crippen molar-refractivity contribution in [2.75, 3.05) is 7.05 Å². The second kappa shape index (κ2) is 4.94. The van der Waals surface area contributed by atoms with E-state index < -0.39 is 0 Å².